The van der Waals surface area contributed by atoms with Gasteiger partial charge in [-0.3, -0.25) is 9.69 Å². The van der Waals surface area contributed by atoms with Gasteiger partial charge in [-0.2, -0.15) is 5.10 Å². The Labute approximate surface area is 204 Å². The number of para-hydroxylation sites is 2. The molecule has 0 bridgehead atoms. The van der Waals surface area contributed by atoms with E-state index in [4.69, 9.17) is 14.4 Å². The monoisotopic (exact) mass is 471 g/mol. The minimum Gasteiger partial charge on any atom is -0.496 e. The number of methoxy groups -OCH3 is 1. The summed E-state index contributed by atoms with van der Waals surface area (Å²) in [4.78, 5) is 18.0. The van der Waals surface area contributed by atoms with E-state index in [1.54, 1.807) is 11.8 Å². The third-order valence-electron chi connectivity index (χ3n) is 6.55. The lowest BCUT2D eigenvalue weighted by Gasteiger charge is -2.34. The second-order valence-electron chi connectivity index (χ2n) is 8.74. The number of aromatic nitrogens is 3. The fraction of sp³-hybridized carbons (Fsp3) is 0.296. The summed E-state index contributed by atoms with van der Waals surface area (Å²) in [7, 11) is 1.63. The molecular weight excluding hydrogens is 442 g/mol. The van der Waals surface area contributed by atoms with E-state index >= 15 is 0 Å². The lowest BCUT2D eigenvalue weighted by atomic mass is 10.1. The maximum atomic E-state index is 13.8. The molecule has 0 unspecified atom stereocenters. The molecule has 0 N–H and O–H groups in total. The number of aryl methyl sites for hydroxylation is 2. The molecule has 0 aliphatic carbocycles. The Hall–Kier alpha value is -3.91. The number of benzene rings is 2. The quantitative estimate of drug-likeness (QED) is 0.421. The van der Waals surface area contributed by atoms with Gasteiger partial charge in [0.1, 0.15) is 17.2 Å². The third kappa shape index (κ3) is 4.57. The number of amides is 1. The Kier molecular flexibility index (Phi) is 6.37. The second kappa shape index (κ2) is 9.76. The summed E-state index contributed by atoms with van der Waals surface area (Å²) in [6.45, 7) is 7.54. The van der Waals surface area contributed by atoms with Crippen LogP contribution in [0.15, 0.2) is 65.3 Å². The first-order valence-electron chi connectivity index (χ1n) is 11.8. The molecule has 0 saturated carbocycles. The van der Waals surface area contributed by atoms with Crippen molar-refractivity contribution in [3.05, 3.63) is 83.4 Å². The Bertz CT molecular complexity index is 1300. The Morgan fingerprint density at radius 1 is 1.00 bits per heavy atom. The van der Waals surface area contributed by atoms with E-state index in [2.05, 4.69) is 10.1 Å². The molecule has 1 amide bonds. The molecule has 0 atom stereocenters. The van der Waals surface area contributed by atoms with Crippen molar-refractivity contribution >= 4 is 5.91 Å². The first-order chi connectivity index (χ1) is 17.0. The molecule has 1 aliphatic rings. The molecular formula is C27H29N5O3. The Morgan fingerprint density at radius 3 is 2.40 bits per heavy atom. The van der Waals surface area contributed by atoms with E-state index in [9.17, 15) is 4.79 Å². The lowest BCUT2D eigenvalue weighted by Crippen LogP contribution is -2.48. The molecule has 5 rings (SSSR count). The van der Waals surface area contributed by atoms with Crippen LogP contribution in [0.3, 0.4) is 0 Å². The van der Waals surface area contributed by atoms with Crippen LogP contribution in [0.1, 0.15) is 27.4 Å². The maximum absolute atomic E-state index is 13.8. The van der Waals surface area contributed by atoms with Gasteiger partial charge >= 0.3 is 0 Å². The Balaban J connectivity index is 1.41. The highest BCUT2D eigenvalue weighted by Crippen LogP contribution is 2.32. The summed E-state index contributed by atoms with van der Waals surface area (Å²) < 4.78 is 12.7. The molecule has 1 fully saturated rings. The molecule has 3 heterocycles. The average molecular weight is 472 g/mol. The van der Waals surface area contributed by atoms with Crippen LogP contribution < -0.4 is 4.74 Å². The van der Waals surface area contributed by atoms with E-state index in [-0.39, 0.29) is 5.91 Å². The van der Waals surface area contributed by atoms with Crippen molar-refractivity contribution < 1.29 is 14.1 Å². The van der Waals surface area contributed by atoms with Crippen LogP contribution in [-0.4, -0.2) is 63.9 Å². The summed E-state index contributed by atoms with van der Waals surface area (Å²) in [6, 6.07) is 17.5. The van der Waals surface area contributed by atoms with Gasteiger partial charge < -0.3 is 14.2 Å². The molecule has 4 aromatic rings. The first-order valence-corrected chi connectivity index (χ1v) is 11.8. The highest BCUT2D eigenvalue weighted by Gasteiger charge is 2.28. The maximum Gasteiger partial charge on any atom is 0.257 e. The van der Waals surface area contributed by atoms with Crippen LogP contribution >= 0.6 is 0 Å². The lowest BCUT2D eigenvalue weighted by molar-refractivity contribution is 0.0628. The highest BCUT2D eigenvalue weighted by molar-refractivity contribution is 6.00. The number of nitrogens with zero attached hydrogens (tertiary/aromatic N) is 5. The molecule has 2 aromatic heterocycles. The summed E-state index contributed by atoms with van der Waals surface area (Å²) in [5, 5.41) is 8.88. The molecule has 1 aliphatic heterocycles. The average Bonchev–Trinajstić information content (AvgIpc) is 3.48. The van der Waals surface area contributed by atoms with Crippen molar-refractivity contribution in [2.75, 3.05) is 33.3 Å². The second-order valence-corrected chi connectivity index (χ2v) is 8.74. The summed E-state index contributed by atoms with van der Waals surface area (Å²) in [6.07, 6.45) is 1.83. The van der Waals surface area contributed by atoms with Gasteiger partial charge in [0.2, 0.25) is 0 Å². The van der Waals surface area contributed by atoms with Crippen LogP contribution in [0.5, 0.6) is 5.75 Å². The smallest absolute Gasteiger partial charge is 0.257 e. The predicted molar refractivity (Wildman–Crippen MR) is 133 cm³/mol. The molecule has 8 nitrogen and oxygen atoms in total. The fourth-order valence-electron chi connectivity index (χ4n) is 4.51. The minimum absolute atomic E-state index is 0.0231. The molecule has 35 heavy (non-hydrogen) atoms. The number of hydrogen-bond acceptors (Lipinski definition) is 6. The van der Waals surface area contributed by atoms with Gasteiger partial charge in [0, 0.05) is 50.0 Å². The highest BCUT2D eigenvalue weighted by atomic mass is 16.5. The first kappa shape index (κ1) is 22.9. The van der Waals surface area contributed by atoms with E-state index in [1.807, 2.05) is 79.5 Å². The van der Waals surface area contributed by atoms with Crippen LogP contribution in [0, 0.1) is 13.8 Å². The minimum atomic E-state index is -0.0231. The van der Waals surface area contributed by atoms with E-state index in [0.29, 0.717) is 30.1 Å². The van der Waals surface area contributed by atoms with Crippen LogP contribution in [0.25, 0.3) is 16.9 Å². The van der Waals surface area contributed by atoms with Gasteiger partial charge in [-0.05, 0) is 38.1 Å². The van der Waals surface area contributed by atoms with Gasteiger partial charge in [-0.25, -0.2) is 4.68 Å². The molecule has 2 aromatic carbocycles. The van der Waals surface area contributed by atoms with Crippen LogP contribution in [-0.2, 0) is 6.54 Å². The van der Waals surface area contributed by atoms with Crippen molar-refractivity contribution in [1.82, 2.24) is 24.7 Å². The molecule has 0 radical (unpaired) electrons. The zero-order valence-corrected chi connectivity index (χ0v) is 20.3. The van der Waals surface area contributed by atoms with E-state index < -0.39 is 0 Å². The van der Waals surface area contributed by atoms with Crippen molar-refractivity contribution in [3.8, 4) is 22.7 Å². The molecule has 180 valence electrons. The van der Waals surface area contributed by atoms with Crippen LogP contribution in [0.4, 0.5) is 0 Å². The topological polar surface area (TPSA) is 76.6 Å². The van der Waals surface area contributed by atoms with Gasteiger partial charge in [0.15, 0.2) is 0 Å². The van der Waals surface area contributed by atoms with Crippen molar-refractivity contribution in [2.45, 2.75) is 20.4 Å². The molecule has 8 heteroatoms. The van der Waals surface area contributed by atoms with E-state index in [1.165, 1.54) is 0 Å². The largest absolute Gasteiger partial charge is 0.496 e. The SMILES string of the molecule is COc1ccccc1-c1nn(-c2ccccc2)cc1C(=O)N1CCN(Cc2c(C)noc2C)CC1. The third-order valence-corrected chi connectivity index (χ3v) is 6.55. The fourth-order valence-corrected chi connectivity index (χ4v) is 4.51. The number of piperazine rings is 1. The van der Waals surface area contributed by atoms with Crippen molar-refractivity contribution in [1.29, 1.82) is 0 Å². The number of carbonyl (C=O) groups is 1. The summed E-state index contributed by atoms with van der Waals surface area (Å²) >= 11 is 0. The standard InChI is InChI=1S/C27H29N5O3/c1-19-23(20(2)35-29-19)17-30-13-15-31(16-14-30)27(33)24-18-32(21-9-5-4-6-10-21)28-26(24)22-11-7-8-12-25(22)34-3/h4-12,18H,13-17H2,1-3H3. The predicted octanol–water partition coefficient (Wildman–Crippen LogP) is 4.11. The van der Waals surface area contributed by atoms with Gasteiger partial charge in [-0.1, -0.05) is 35.5 Å². The molecule has 1 saturated heterocycles. The number of carbonyl (C=O) groups excluding carboxylic acids is 1. The van der Waals surface area contributed by atoms with Crippen LogP contribution in [0.2, 0.25) is 0 Å². The van der Waals surface area contributed by atoms with Gasteiger partial charge in [-0.15, -0.1) is 0 Å². The van der Waals surface area contributed by atoms with Crippen molar-refractivity contribution in [2.24, 2.45) is 0 Å². The number of ether oxygens (including phenoxy) is 1. The summed E-state index contributed by atoms with van der Waals surface area (Å²) in [5.41, 5.74) is 4.94. The van der Waals surface area contributed by atoms with E-state index in [0.717, 1.165) is 47.9 Å². The van der Waals surface area contributed by atoms with Crippen molar-refractivity contribution in [3.63, 3.8) is 0 Å². The van der Waals surface area contributed by atoms with Gasteiger partial charge in [0.25, 0.3) is 5.91 Å². The normalized spacial score (nSPS) is 14.3. The zero-order valence-electron chi connectivity index (χ0n) is 20.3. The number of rotatable bonds is 6. The zero-order chi connectivity index (χ0) is 24.4. The Morgan fingerprint density at radius 2 is 1.71 bits per heavy atom. The van der Waals surface area contributed by atoms with Gasteiger partial charge in [0.05, 0.1) is 24.1 Å². The summed E-state index contributed by atoms with van der Waals surface area (Å²) in [5.74, 6) is 1.52. The molecule has 0 spiro atoms. The number of hydrogen-bond donors (Lipinski definition) is 0.